The summed E-state index contributed by atoms with van der Waals surface area (Å²) in [6.07, 6.45) is 1.70. The first-order chi connectivity index (χ1) is 12.4. The lowest BCUT2D eigenvalue weighted by atomic mass is 10.1. The number of alkyl halides is 3. The van der Waals surface area contributed by atoms with Gasteiger partial charge in [0.25, 0.3) is 0 Å². The molecule has 0 aliphatic carbocycles. The molecule has 1 aromatic carbocycles. The van der Waals surface area contributed by atoms with Gasteiger partial charge in [0.1, 0.15) is 5.75 Å². The largest absolute Gasteiger partial charge is 0.496 e. The number of pyridine rings is 1. The lowest BCUT2D eigenvalue weighted by Crippen LogP contribution is -2.30. The highest BCUT2D eigenvalue weighted by molar-refractivity contribution is 9.10. The zero-order valence-electron chi connectivity index (χ0n) is 14.0. The van der Waals surface area contributed by atoms with E-state index in [4.69, 9.17) is 4.74 Å². The van der Waals surface area contributed by atoms with E-state index in [9.17, 15) is 13.2 Å². The molecule has 0 amide bonds. The van der Waals surface area contributed by atoms with Gasteiger partial charge in [0.15, 0.2) is 0 Å². The number of anilines is 1. The molecule has 4 nitrogen and oxygen atoms in total. The van der Waals surface area contributed by atoms with Crippen molar-refractivity contribution in [3.63, 3.8) is 0 Å². The molecule has 1 aliphatic heterocycles. The molecule has 3 rings (SSSR count). The van der Waals surface area contributed by atoms with Crippen LogP contribution in [0, 0.1) is 0 Å². The number of fused-ring (bicyclic) bond motifs is 1. The zero-order valence-corrected chi connectivity index (χ0v) is 16.4. The molecule has 0 unspecified atom stereocenters. The Morgan fingerprint density at radius 2 is 2.08 bits per heavy atom. The van der Waals surface area contributed by atoms with E-state index in [1.807, 2.05) is 29.2 Å². The molecular formula is C17H17BrF3N3OS. The van der Waals surface area contributed by atoms with Gasteiger partial charge >= 0.3 is 5.51 Å². The lowest BCUT2D eigenvalue weighted by molar-refractivity contribution is -0.0363. The van der Waals surface area contributed by atoms with Crippen LogP contribution in [0.25, 0.3) is 0 Å². The number of ether oxygens (including phenoxy) is 1. The summed E-state index contributed by atoms with van der Waals surface area (Å²) in [5.74, 6) is 0.587. The fourth-order valence-corrected chi connectivity index (χ4v) is 3.97. The van der Waals surface area contributed by atoms with Crippen molar-refractivity contribution in [2.24, 2.45) is 0 Å². The van der Waals surface area contributed by atoms with Crippen molar-refractivity contribution < 1.29 is 17.9 Å². The fraction of sp³-hybridized carbons (Fsp3) is 0.353. The normalized spacial score (nSPS) is 15.5. The van der Waals surface area contributed by atoms with Crippen LogP contribution in [-0.2, 0) is 13.1 Å². The van der Waals surface area contributed by atoms with Gasteiger partial charge in [-0.3, -0.25) is 4.98 Å². The van der Waals surface area contributed by atoms with Gasteiger partial charge in [0.2, 0.25) is 0 Å². The van der Waals surface area contributed by atoms with Crippen molar-refractivity contribution in [3.05, 3.63) is 52.3 Å². The Morgan fingerprint density at radius 3 is 2.77 bits per heavy atom. The third-order valence-electron chi connectivity index (χ3n) is 3.99. The minimum atomic E-state index is -4.32. The first kappa shape index (κ1) is 19.3. The van der Waals surface area contributed by atoms with E-state index in [-0.39, 0.29) is 25.0 Å². The molecule has 0 bridgehead atoms. The van der Waals surface area contributed by atoms with Crippen LogP contribution in [-0.4, -0.2) is 35.0 Å². The Labute approximate surface area is 162 Å². The van der Waals surface area contributed by atoms with E-state index in [0.29, 0.717) is 18.8 Å². The second-order valence-corrected chi connectivity index (χ2v) is 7.82. The summed E-state index contributed by atoms with van der Waals surface area (Å²) < 4.78 is 46.3. The van der Waals surface area contributed by atoms with Crippen LogP contribution in [0.15, 0.2) is 41.0 Å². The maximum atomic E-state index is 12.9. The molecule has 1 aromatic heterocycles. The van der Waals surface area contributed by atoms with E-state index >= 15 is 0 Å². The van der Waals surface area contributed by atoms with Crippen molar-refractivity contribution in [3.8, 4) is 5.75 Å². The molecule has 0 atom stereocenters. The lowest BCUT2D eigenvalue weighted by Gasteiger charge is -2.25. The number of nitrogens with zero attached hydrogens (tertiary/aromatic N) is 3. The van der Waals surface area contributed by atoms with Crippen LogP contribution in [0.3, 0.4) is 0 Å². The average Bonchev–Trinajstić information content (AvgIpc) is 2.73. The zero-order chi connectivity index (χ0) is 18.7. The first-order valence-electron chi connectivity index (χ1n) is 7.88. The van der Waals surface area contributed by atoms with Crippen LogP contribution in [0.1, 0.15) is 11.3 Å². The smallest absolute Gasteiger partial charge is 0.456 e. The minimum absolute atomic E-state index is 0.0874. The van der Waals surface area contributed by atoms with E-state index in [1.54, 1.807) is 12.3 Å². The maximum Gasteiger partial charge on any atom is 0.456 e. The van der Waals surface area contributed by atoms with Crippen LogP contribution in [0.4, 0.5) is 18.9 Å². The maximum absolute atomic E-state index is 12.9. The summed E-state index contributed by atoms with van der Waals surface area (Å²) in [6, 6.07) is 9.29. The molecular weight excluding hydrogens is 431 g/mol. The van der Waals surface area contributed by atoms with Crippen LogP contribution < -0.4 is 9.64 Å². The second kappa shape index (κ2) is 8.06. The predicted octanol–water partition coefficient (Wildman–Crippen LogP) is 4.84. The summed E-state index contributed by atoms with van der Waals surface area (Å²) in [6.45, 7) is 1.39. The summed E-state index contributed by atoms with van der Waals surface area (Å²) in [7, 11) is 1.53. The van der Waals surface area contributed by atoms with Gasteiger partial charge in [-0.25, -0.2) is 4.31 Å². The highest BCUT2D eigenvalue weighted by Gasteiger charge is 2.34. The molecule has 26 heavy (non-hydrogen) atoms. The van der Waals surface area contributed by atoms with Crippen molar-refractivity contribution in [2.75, 3.05) is 25.1 Å². The number of halogens is 4. The third kappa shape index (κ3) is 4.83. The van der Waals surface area contributed by atoms with Gasteiger partial charge in [0, 0.05) is 53.5 Å². The van der Waals surface area contributed by atoms with Gasteiger partial charge in [0.05, 0.1) is 19.3 Å². The number of benzene rings is 1. The van der Waals surface area contributed by atoms with Crippen LogP contribution in [0.5, 0.6) is 5.75 Å². The highest BCUT2D eigenvalue weighted by atomic mass is 79.9. The van der Waals surface area contributed by atoms with Crippen molar-refractivity contribution in [1.29, 1.82) is 0 Å². The summed E-state index contributed by atoms with van der Waals surface area (Å²) in [5, 5.41) is 0. The number of hydrogen-bond acceptors (Lipinski definition) is 5. The number of hydrogen-bond donors (Lipinski definition) is 0. The van der Waals surface area contributed by atoms with E-state index in [2.05, 4.69) is 20.9 Å². The fourth-order valence-electron chi connectivity index (χ4n) is 2.93. The molecule has 0 spiro atoms. The highest BCUT2D eigenvalue weighted by Crippen LogP contribution is 2.39. The van der Waals surface area contributed by atoms with E-state index < -0.39 is 5.51 Å². The Morgan fingerprint density at radius 1 is 1.27 bits per heavy atom. The molecule has 0 radical (unpaired) electrons. The topological polar surface area (TPSA) is 28.6 Å². The number of aromatic nitrogens is 1. The van der Waals surface area contributed by atoms with Crippen molar-refractivity contribution in [1.82, 2.24) is 9.29 Å². The van der Waals surface area contributed by atoms with Gasteiger partial charge in [-0.15, -0.1) is 0 Å². The second-order valence-electron chi connectivity index (χ2n) is 5.75. The Balaban J connectivity index is 1.92. The molecule has 140 valence electrons. The average molecular weight is 448 g/mol. The first-order valence-corrected chi connectivity index (χ1v) is 9.44. The summed E-state index contributed by atoms with van der Waals surface area (Å²) in [5.41, 5.74) is -1.86. The minimum Gasteiger partial charge on any atom is -0.496 e. The molecule has 9 heteroatoms. The van der Waals surface area contributed by atoms with Gasteiger partial charge in [-0.1, -0.05) is 22.0 Å². The molecule has 1 aliphatic rings. The number of methoxy groups -OCH3 is 1. The van der Waals surface area contributed by atoms with Gasteiger partial charge in [-0.05, 0) is 24.3 Å². The summed E-state index contributed by atoms with van der Waals surface area (Å²) >= 11 is 3.34. The van der Waals surface area contributed by atoms with Gasteiger partial charge < -0.3 is 9.64 Å². The van der Waals surface area contributed by atoms with Crippen LogP contribution >= 0.6 is 27.9 Å². The quantitative estimate of drug-likeness (QED) is 0.625. The number of rotatable bonds is 4. The Bertz CT molecular complexity index is 775. The molecule has 2 heterocycles. The molecule has 2 aromatic rings. The SMILES string of the molecule is COc1cccc2c1CN(SC(F)(F)F)CCN2Cc1cc(Br)ccn1. The van der Waals surface area contributed by atoms with Crippen molar-refractivity contribution >= 4 is 33.6 Å². The molecule has 0 saturated carbocycles. The summed E-state index contributed by atoms with van der Waals surface area (Å²) in [4.78, 5) is 6.40. The van der Waals surface area contributed by atoms with Crippen LogP contribution in [0.2, 0.25) is 0 Å². The van der Waals surface area contributed by atoms with Gasteiger partial charge in [-0.2, -0.15) is 13.2 Å². The van der Waals surface area contributed by atoms with Crippen molar-refractivity contribution in [2.45, 2.75) is 18.6 Å². The molecule has 0 saturated heterocycles. The standard InChI is InChI=1S/C17H17BrF3N3OS/c1-25-16-4-2-3-15-14(16)11-24(26-17(19,20)21)8-7-23(15)10-13-9-12(18)5-6-22-13/h2-6,9H,7-8,10-11H2,1H3. The van der Waals surface area contributed by atoms with E-state index in [1.165, 1.54) is 11.4 Å². The molecule has 0 N–H and O–H groups in total. The monoisotopic (exact) mass is 447 g/mol. The third-order valence-corrected chi connectivity index (χ3v) is 5.26. The Kier molecular flexibility index (Phi) is 5.99. The Hall–Kier alpha value is -1.45. The van der Waals surface area contributed by atoms with E-state index in [0.717, 1.165) is 21.4 Å². The molecule has 0 fully saturated rings. The predicted molar refractivity (Wildman–Crippen MR) is 100 cm³/mol.